The van der Waals surface area contributed by atoms with Gasteiger partial charge in [-0.25, -0.2) is 9.67 Å². The third-order valence-corrected chi connectivity index (χ3v) is 11.2. The van der Waals surface area contributed by atoms with Crippen LogP contribution in [0, 0.1) is 0 Å². The second-order valence-corrected chi connectivity index (χ2v) is 14.4. The Labute approximate surface area is 325 Å². The summed E-state index contributed by atoms with van der Waals surface area (Å²) in [5.41, 5.74) is 6.57. The number of fused-ring (bicyclic) bond motifs is 1. The second-order valence-electron chi connectivity index (χ2n) is 13.2. The van der Waals surface area contributed by atoms with Crippen molar-refractivity contribution in [2.24, 2.45) is 0 Å². The molecule has 0 fully saturated rings. The predicted molar refractivity (Wildman–Crippen MR) is 220 cm³/mol. The summed E-state index contributed by atoms with van der Waals surface area (Å²) in [7, 11) is 0. The van der Waals surface area contributed by atoms with Crippen LogP contribution >= 0.6 is 11.8 Å². The molecule has 6 nitrogen and oxygen atoms in total. The lowest BCUT2D eigenvalue weighted by Crippen LogP contribution is -2.39. The molecule has 0 spiro atoms. The number of pyridine rings is 1. The van der Waals surface area contributed by atoms with Crippen molar-refractivity contribution in [1.29, 1.82) is 0 Å². The minimum Gasteiger partial charge on any atom is -0.466 e. The Balaban J connectivity index is 1.50. The first kappa shape index (κ1) is 35.7. The van der Waals surface area contributed by atoms with Gasteiger partial charge in [0.15, 0.2) is 5.65 Å². The van der Waals surface area contributed by atoms with E-state index in [9.17, 15) is 4.79 Å². The quantitative estimate of drug-likeness (QED) is 0.0667. The molecule has 270 valence electrons. The van der Waals surface area contributed by atoms with Gasteiger partial charge in [0.25, 0.3) is 0 Å². The number of rotatable bonds is 13. The third kappa shape index (κ3) is 6.51. The van der Waals surface area contributed by atoms with Crippen molar-refractivity contribution in [3.05, 3.63) is 227 Å². The van der Waals surface area contributed by atoms with Crippen molar-refractivity contribution in [2.75, 3.05) is 12.4 Å². The summed E-state index contributed by atoms with van der Waals surface area (Å²) in [6.07, 6.45) is 0.259. The average Bonchev–Trinajstić information content (AvgIpc) is 3.68. The molecular formula is C48H40N4O2S. The van der Waals surface area contributed by atoms with E-state index in [0.717, 1.165) is 44.0 Å². The minimum atomic E-state index is -0.952. The number of hydrogen-bond donors (Lipinski definition) is 0. The van der Waals surface area contributed by atoms with Gasteiger partial charge in [0.05, 0.1) is 24.1 Å². The highest BCUT2D eigenvalue weighted by atomic mass is 32.2. The van der Waals surface area contributed by atoms with Crippen LogP contribution in [-0.2, 0) is 20.5 Å². The van der Waals surface area contributed by atoms with Crippen molar-refractivity contribution in [1.82, 2.24) is 20.0 Å². The van der Waals surface area contributed by atoms with E-state index in [1.807, 2.05) is 48.0 Å². The van der Waals surface area contributed by atoms with Crippen LogP contribution in [0.25, 0.3) is 11.2 Å². The normalized spacial score (nSPS) is 11.7. The summed E-state index contributed by atoms with van der Waals surface area (Å²) < 4.78 is 7.32. The minimum absolute atomic E-state index is 0.229. The summed E-state index contributed by atoms with van der Waals surface area (Å²) in [6, 6.07) is 65.2. The Morgan fingerprint density at radius 2 is 1.00 bits per heavy atom. The number of carbonyl (C=O) groups is 1. The lowest BCUT2D eigenvalue weighted by atomic mass is 9.67. The number of hydrogen-bond acceptors (Lipinski definition) is 6. The van der Waals surface area contributed by atoms with Crippen molar-refractivity contribution < 1.29 is 9.53 Å². The molecule has 0 N–H and O–H groups in total. The topological polar surface area (TPSA) is 69.9 Å². The van der Waals surface area contributed by atoms with Crippen LogP contribution < -0.4 is 0 Å². The number of carbonyl (C=O) groups excluding carboxylic acids is 1. The Morgan fingerprint density at radius 1 is 0.600 bits per heavy atom. The number of benzene rings is 6. The van der Waals surface area contributed by atoms with Crippen molar-refractivity contribution in [2.45, 2.75) is 29.2 Å². The van der Waals surface area contributed by atoms with E-state index >= 15 is 0 Å². The highest BCUT2D eigenvalue weighted by Gasteiger charge is 2.44. The van der Waals surface area contributed by atoms with Crippen LogP contribution in [0.3, 0.4) is 0 Å². The molecule has 0 radical (unpaired) electrons. The van der Waals surface area contributed by atoms with Gasteiger partial charge in [-0.2, -0.15) is 0 Å². The Hall–Kier alpha value is -6.31. The van der Waals surface area contributed by atoms with E-state index in [2.05, 4.69) is 152 Å². The number of thioether (sulfide) groups is 1. The first-order chi connectivity index (χ1) is 27.2. The maximum absolute atomic E-state index is 12.6. The first-order valence-electron chi connectivity index (χ1n) is 18.6. The number of aromatic nitrogens is 4. The summed E-state index contributed by atoms with van der Waals surface area (Å²) in [5.74, 6) is 0.271. The second kappa shape index (κ2) is 16.0. The van der Waals surface area contributed by atoms with Crippen molar-refractivity contribution >= 4 is 28.9 Å². The SMILES string of the molecule is CCOC(=O)CCSc1cc(C(c2ccccc2)(c2ccccc2)c2ccccc2)nc2c1nnn2C(c1ccccc1)(c1ccccc1)c1ccccc1. The zero-order valence-corrected chi connectivity index (χ0v) is 31.3. The summed E-state index contributed by atoms with van der Waals surface area (Å²) in [5, 5.41) is 10.0. The molecule has 0 bridgehead atoms. The van der Waals surface area contributed by atoms with Gasteiger partial charge >= 0.3 is 5.97 Å². The highest BCUT2D eigenvalue weighted by Crippen LogP contribution is 2.47. The van der Waals surface area contributed by atoms with Crippen LogP contribution in [0.4, 0.5) is 0 Å². The largest absolute Gasteiger partial charge is 0.466 e. The van der Waals surface area contributed by atoms with E-state index in [4.69, 9.17) is 20.0 Å². The zero-order chi connectivity index (χ0) is 37.5. The van der Waals surface area contributed by atoms with Crippen molar-refractivity contribution in [3.63, 3.8) is 0 Å². The Bertz CT molecular complexity index is 2290. The monoisotopic (exact) mass is 736 g/mol. The molecule has 8 aromatic rings. The van der Waals surface area contributed by atoms with Crippen LogP contribution in [0.15, 0.2) is 193 Å². The summed E-state index contributed by atoms with van der Waals surface area (Å²) >= 11 is 1.57. The maximum Gasteiger partial charge on any atom is 0.306 e. The predicted octanol–water partition coefficient (Wildman–Crippen LogP) is 10.1. The molecule has 0 aliphatic carbocycles. The van der Waals surface area contributed by atoms with Crippen LogP contribution in [0.1, 0.15) is 52.4 Å². The van der Waals surface area contributed by atoms with E-state index in [1.54, 1.807) is 11.8 Å². The first-order valence-corrected chi connectivity index (χ1v) is 19.5. The molecule has 8 rings (SSSR count). The van der Waals surface area contributed by atoms with Gasteiger partial charge in [0, 0.05) is 10.6 Å². The van der Waals surface area contributed by atoms with Crippen LogP contribution in [-0.4, -0.2) is 38.3 Å². The lowest BCUT2D eigenvalue weighted by Gasteiger charge is -2.37. The molecule has 0 saturated carbocycles. The van der Waals surface area contributed by atoms with Gasteiger partial charge in [-0.3, -0.25) is 4.79 Å². The number of nitrogens with zero attached hydrogens (tertiary/aromatic N) is 4. The number of esters is 1. The van der Waals surface area contributed by atoms with E-state index < -0.39 is 11.0 Å². The molecule has 2 aromatic heterocycles. The Kier molecular flexibility index (Phi) is 10.4. The van der Waals surface area contributed by atoms with Gasteiger partial charge in [-0.15, -0.1) is 16.9 Å². The molecular weight excluding hydrogens is 697 g/mol. The van der Waals surface area contributed by atoms with E-state index in [1.165, 1.54) is 0 Å². The Morgan fingerprint density at radius 3 is 1.40 bits per heavy atom. The fourth-order valence-electron chi connectivity index (χ4n) is 7.79. The fourth-order valence-corrected chi connectivity index (χ4v) is 8.75. The molecule has 6 aromatic carbocycles. The van der Waals surface area contributed by atoms with E-state index in [-0.39, 0.29) is 12.4 Å². The molecule has 0 unspecified atom stereocenters. The molecule has 0 amide bonds. The standard InChI is InChI=1S/C48H40N4O2S/c1-2-54-44(53)33-34-55-42-35-43(47(36-21-9-3-10-22-36,37-23-11-4-12-24-37)38-25-13-5-14-26-38)49-46-45(42)50-51-52(46)48(39-27-15-6-16-28-39,40-29-17-7-18-30-40)41-31-19-8-20-32-41/h3-32,35H,2,33-34H2,1H3. The molecule has 0 saturated heterocycles. The fraction of sp³-hybridized carbons (Fsp3) is 0.125. The highest BCUT2D eigenvalue weighted by molar-refractivity contribution is 7.99. The third-order valence-electron chi connectivity index (χ3n) is 10.1. The average molecular weight is 737 g/mol. The van der Waals surface area contributed by atoms with Crippen molar-refractivity contribution in [3.8, 4) is 0 Å². The molecule has 0 aliphatic rings. The smallest absolute Gasteiger partial charge is 0.306 e. The zero-order valence-electron chi connectivity index (χ0n) is 30.5. The van der Waals surface area contributed by atoms with E-state index in [0.29, 0.717) is 23.5 Å². The summed E-state index contributed by atoms with van der Waals surface area (Å²) in [4.78, 5) is 19.2. The van der Waals surface area contributed by atoms with Gasteiger partial charge < -0.3 is 4.74 Å². The molecule has 2 heterocycles. The van der Waals surface area contributed by atoms with Crippen LogP contribution in [0.5, 0.6) is 0 Å². The van der Waals surface area contributed by atoms with Gasteiger partial charge in [-0.1, -0.05) is 187 Å². The molecule has 7 heteroatoms. The summed E-state index contributed by atoms with van der Waals surface area (Å²) in [6.45, 7) is 2.17. The molecule has 0 atom stereocenters. The number of ether oxygens (including phenoxy) is 1. The maximum atomic E-state index is 12.6. The van der Waals surface area contributed by atoms with Crippen LogP contribution in [0.2, 0.25) is 0 Å². The lowest BCUT2D eigenvalue weighted by molar-refractivity contribution is -0.142. The van der Waals surface area contributed by atoms with Gasteiger partial charge in [-0.05, 0) is 46.4 Å². The van der Waals surface area contributed by atoms with Gasteiger partial charge in [0.1, 0.15) is 11.1 Å². The molecule has 0 aliphatic heterocycles. The molecule has 55 heavy (non-hydrogen) atoms. The van der Waals surface area contributed by atoms with Gasteiger partial charge in [0.2, 0.25) is 0 Å².